The third-order valence-corrected chi connectivity index (χ3v) is 10.6. The van der Waals surface area contributed by atoms with Crippen molar-refractivity contribution in [3.63, 3.8) is 0 Å². The van der Waals surface area contributed by atoms with Gasteiger partial charge in [0.15, 0.2) is 5.84 Å². The van der Waals surface area contributed by atoms with Crippen molar-refractivity contribution >= 4 is 34.0 Å². The van der Waals surface area contributed by atoms with Gasteiger partial charge >= 0.3 is 0 Å². The van der Waals surface area contributed by atoms with Gasteiger partial charge in [-0.25, -0.2) is 15.0 Å². The number of benzene rings is 6. The summed E-state index contributed by atoms with van der Waals surface area (Å²) in [4.78, 5) is 20.8. The normalized spacial score (nSPS) is 17.3. The molecule has 0 spiro atoms. The Kier molecular flexibility index (Phi) is 8.65. The lowest BCUT2D eigenvalue weighted by atomic mass is 9.90. The van der Waals surface area contributed by atoms with Gasteiger partial charge in [0, 0.05) is 39.3 Å². The summed E-state index contributed by atoms with van der Waals surface area (Å²) in [5.41, 5.74) is 13.4. The van der Waals surface area contributed by atoms with Gasteiger partial charge in [-0.15, -0.1) is 0 Å². The molecule has 3 aliphatic rings. The van der Waals surface area contributed by atoms with E-state index in [9.17, 15) is 0 Å². The minimum atomic E-state index is -0.426. The average molecular weight is 720 g/mol. The number of fused-ring (bicyclic) bond motifs is 2. The molecule has 2 unspecified atom stereocenters. The molecule has 1 aliphatic carbocycles. The Hall–Kier alpha value is -7.24. The highest BCUT2D eigenvalue weighted by molar-refractivity contribution is 6.13. The second-order valence-corrected chi connectivity index (χ2v) is 14.3. The first-order valence-corrected chi connectivity index (χ1v) is 19.1. The molecule has 1 N–H and O–H groups in total. The second-order valence-electron chi connectivity index (χ2n) is 14.3. The van der Waals surface area contributed by atoms with Crippen molar-refractivity contribution in [1.82, 2.24) is 10.3 Å². The van der Waals surface area contributed by atoms with E-state index in [0.717, 1.165) is 90.3 Å². The van der Waals surface area contributed by atoms with Crippen LogP contribution in [0.25, 0.3) is 50.1 Å². The summed E-state index contributed by atoms with van der Waals surface area (Å²) in [5.74, 6) is 1.73. The SMILES string of the molecule is C1=CC2=NC(c3cc(-c4ccccc4)cc(C4N=C(c5ccccc5)N=C(c5cc(-c6ccccc6)cc(-c6ccc7ccccc7n6)c5)N4)c3)=CCC2C=C1. The van der Waals surface area contributed by atoms with Crippen LogP contribution in [0.15, 0.2) is 209 Å². The van der Waals surface area contributed by atoms with E-state index in [0.29, 0.717) is 11.8 Å². The lowest BCUT2D eigenvalue weighted by molar-refractivity contribution is 0.674. The number of aliphatic imine (C=N–C) groups is 3. The first-order chi connectivity index (χ1) is 27.7. The quantitative estimate of drug-likeness (QED) is 0.178. The molecule has 0 amide bonds. The van der Waals surface area contributed by atoms with Crippen LogP contribution >= 0.6 is 0 Å². The Balaban J connectivity index is 1.12. The van der Waals surface area contributed by atoms with Crippen molar-refractivity contribution in [3.8, 4) is 33.5 Å². The summed E-state index contributed by atoms with van der Waals surface area (Å²) in [5, 5.41) is 4.90. The van der Waals surface area contributed by atoms with Gasteiger partial charge in [0.1, 0.15) is 12.0 Å². The first-order valence-electron chi connectivity index (χ1n) is 19.1. The van der Waals surface area contributed by atoms with Gasteiger partial charge < -0.3 is 5.32 Å². The smallest absolute Gasteiger partial charge is 0.159 e. The van der Waals surface area contributed by atoms with E-state index < -0.39 is 6.17 Å². The molecule has 2 atom stereocenters. The van der Waals surface area contributed by atoms with Crippen LogP contribution < -0.4 is 5.32 Å². The second kappa shape index (κ2) is 14.5. The van der Waals surface area contributed by atoms with E-state index in [4.69, 9.17) is 20.0 Å². The number of rotatable bonds is 7. The number of para-hydroxylation sites is 1. The van der Waals surface area contributed by atoms with Crippen LogP contribution in [0.4, 0.5) is 0 Å². The minimum absolute atomic E-state index is 0.318. The lowest BCUT2D eigenvalue weighted by Gasteiger charge is -2.26. The van der Waals surface area contributed by atoms with Crippen molar-refractivity contribution in [1.29, 1.82) is 0 Å². The maximum Gasteiger partial charge on any atom is 0.159 e. The minimum Gasteiger partial charge on any atom is -0.344 e. The number of amidine groups is 2. The van der Waals surface area contributed by atoms with Crippen LogP contribution in [0.5, 0.6) is 0 Å². The van der Waals surface area contributed by atoms with Crippen molar-refractivity contribution in [3.05, 3.63) is 216 Å². The Morgan fingerprint density at radius 1 is 0.518 bits per heavy atom. The zero-order valence-corrected chi connectivity index (χ0v) is 30.6. The molecule has 0 saturated heterocycles. The Morgan fingerprint density at radius 3 is 1.95 bits per heavy atom. The molecule has 266 valence electrons. The van der Waals surface area contributed by atoms with Gasteiger partial charge in [0.25, 0.3) is 0 Å². The molecule has 56 heavy (non-hydrogen) atoms. The fourth-order valence-electron chi connectivity index (χ4n) is 7.67. The number of nitrogens with one attached hydrogen (secondary N) is 1. The third-order valence-electron chi connectivity index (χ3n) is 10.6. The van der Waals surface area contributed by atoms with Crippen LogP contribution in [0, 0.1) is 5.92 Å². The van der Waals surface area contributed by atoms with Crippen LogP contribution in [0.1, 0.15) is 34.8 Å². The summed E-state index contributed by atoms with van der Waals surface area (Å²) >= 11 is 0. The number of nitrogens with zero attached hydrogens (tertiary/aromatic N) is 4. The zero-order chi connectivity index (χ0) is 37.3. The lowest BCUT2D eigenvalue weighted by Crippen LogP contribution is -2.33. The maximum absolute atomic E-state index is 5.31. The number of aromatic nitrogens is 1. The van der Waals surface area contributed by atoms with Crippen LogP contribution in [-0.4, -0.2) is 22.4 Å². The fraction of sp³-hybridized carbons (Fsp3) is 0.0588. The topological polar surface area (TPSA) is 62.0 Å². The van der Waals surface area contributed by atoms with Gasteiger partial charge in [-0.2, -0.15) is 0 Å². The maximum atomic E-state index is 5.31. The molecule has 0 fully saturated rings. The molecule has 0 radical (unpaired) electrons. The molecule has 5 heteroatoms. The molecule has 2 aliphatic heterocycles. The van der Waals surface area contributed by atoms with Crippen LogP contribution in [0.2, 0.25) is 0 Å². The largest absolute Gasteiger partial charge is 0.344 e. The van der Waals surface area contributed by atoms with E-state index in [1.807, 2.05) is 36.4 Å². The van der Waals surface area contributed by atoms with Gasteiger partial charge in [-0.05, 0) is 88.8 Å². The molecule has 1 aromatic heterocycles. The molecule has 10 rings (SSSR count). The predicted octanol–water partition coefficient (Wildman–Crippen LogP) is 11.7. The highest BCUT2D eigenvalue weighted by Gasteiger charge is 2.25. The standard InChI is InChI=1S/C51H37N5/c1-4-14-34(15-5-1)39-28-41(47-26-24-36-18-10-12-22-45(36)52-47)32-43(30-39)50-54-49(38-20-8-3-9-21-38)55-51(56-50)44-31-40(35-16-6-2-7-17-35)29-42(33-44)48-27-25-37-19-11-13-23-46(37)53-48/h1-24,26-33,37,51H,25H2,(H,54,55,56). The molecule has 0 bridgehead atoms. The van der Waals surface area contributed by atoms with E-state index in [-0.39, 0.29) is 0 Å². The van der Waals surface area contributed by atoms with Gasteiger partial charge in [0.2, 0.25) is 0 Å². The van der Waals surface area contributed by atoms with Crippen molar-refractivity contribution in [2.45, 2.75) is 12.6 Å². The Labute approximate surface area is 326 Å². The highest BCUT2D eigenvalue weighted by Crippen LogP contribution is 2.35. The van der Waals surface area contributed by atoms with Crippen molar-refractivity contribution in [2.75, 3.05) is 0 Å². The van der Waals surface area contributed by atoms with Crippen LogP contribution in [-0.2, 0) is 0 Å². The van der Waals surface area contributed by atoms with Gasteiger partial charge in [0.05, 0.1) is 16.9 Å². The number of hydrogen-bond acceptors (Lipinski definition) is 5. The van der Waals surface area contributed by atoms with E-state index in [1.165, 1.54) is 0 Å². The summed E-state index contributed by atoms with van der Waals surface area (Å²) in [6, 6.07) is 57.2. The summed E-state index contributed by atoms with van der Waals surface area (Å²) in [6.45, 7) is 0. The van der Waals surface area contributed by atoms with Gasteiger partial charge in [-0.1, -0.05) is 140 Å². The van der Waals surface area contributed by atoms with Crippen LogP contribution in [0.3, 0.4) is 0 Å². The Bertz CT molecular complexity index is 2790. The summed E-state index contributed by atoms with van der Waals surface area (Å²) in [6.07, 6.45) is 11.3. The molecule has 5 nitrogen and oxygen atoms in total. The first kappa shape index (κ1) is 33.3. The predicted molar refractivity (Wildman–Crippen MR) is 232 cm³/mol. The molecule has 7 aromatic rings. The number of allylic oxidation sites excluding steroid dienone is 5. The van der Waals surface area contributed by atoms with Crippen molar-refractivity contribution in [2.24, 2.45) is 20.9 Å². The Morgan fingerprint density at radius 2 is 1.16 bits per heavy atom. The molecular formula is C51H37N5. The van der Waals surface area contributed by atoms with Gasteiger partial charge in [-0.3, -0.25) is 4.99 Å². The average Bonchev–Trinajstić information content (AvgIpc) is 3.29. The van der Waals surface area contributed by atoms with E-state index in [2.05, 4.69) is 163 Å². The molecule has 0 saturated carbocycles. The van der Waals surface area contributed by atoms with E-state index >= 15 is 0 Å². The van der Waals surface area contributed by atoms with E-state index in [1.54, 1.807) is 0 Å². The van der Waals surface area contributed by atoms with Crippen molar-refractivity contribution < 1.29 is 0 Å². The number of hydrogen-bond donors (Lipinski definition) is 1. The number of pyridine rings is 1. The molecule has 3 heterocycles. The summed E-state index contributed by atoms with van der Waals surface area (Å²) < 4.78 is 0. The summed E-state index contributed by atoms with van der Waals surface area (Å²) in [7, 11) is 0. The molecule has 6 aromatic carbocycles. The zero-order valence-electron chi connectivity index (χ0n) is 30.6. The third kappa shape index (κ3) is 6.71. The highest BCUT2D eigenvalue weighted by atomic mass is 15.2. The monoisotopic (exact) mass is 719 g/mol. The fourth-order valence-corrected chi connectivity index (χ4v) is 7.67. The molecular weight excluding hydrogens is 683 g/mol.